The van der Waals surface area contributed by atoms with Crippen molar-refractivity contribution in [2.45, 2.75) is 40.0 Å². The highest BCUT2D eigenvalue weighted by molar-refractivity contribution is 5.18. The average Bonchev–Trinajstić information content (AvgIpc) is 2.09. The van der Waals surface area contributed by atoms with Gasteiger partial charge in [0.25, 0.3) is 0 Å². The third-order valence-electron chi connectivity index (χ3n) is 2.26. The summed E-state index contributed by atoms with van der Waals surface area (Å²) < 4.78 is 0. The molecule has 0 bridgehead atoms. The molecule has 68 valence electrons. The molecule has 0 spiro atoms. The first-order valence-electron chi connectivity index (χ1n) is 4.43. The summed E-state index contributed by atoms with van der Waals surface area (Å²) in [7, 11) is 0. The molecule has 0 N–H and O–H groups in total. The van der Waals surface area contributed by atoms with Gasteiger partial charge in [0.1, 0.15) is 0 Å². The molecule has 0 nitrogen and oxygen atoms in total. The van der Waals surface area contributed by atoms with E-state index in [9.17, 15) is 0 Å². The van der Waals surface area contributed by atoms with Crippen molar-refractivity contribution in [3.8, 4) is 0 Å². The lowest BCUT2D eigenvalue weighted by Crippen LogP contribution is -1.93. The second kappa shape index (κ2) is 5.82. The van der Waals surface area contributed by atoms with Crippen LogP contribution in [0.3, 0.4) is 0 Å². The molecule has 12 heavy (non-hydrogen) atoms. The number of benzene rings is 1. The summed E-state index contributed by atoms with van der Waals surface area (Å²) in [5, 5.41) is 0. The normalized spacial score (nSPS) is 9.58. The Balaban J connectivity index is 0.00000121. The highest BCUT2D eigenvalue weighted by Gasteiger charge is 2.03. The maximum absolute atomic E-state index is 2.25. The first-order chi connectivity index (χ1) is 5.38. The Labute approximate surface area is 76.6 Å². The number of hydrogen-bond donors (Lipinski definition) is 0. The summed E-state index contributed by atoms with van der Waals surface area (Å²) in [6.45, 7) is 4.50. The van der Waals surface area contributed by atoms with Crippen LogP contribution >= 0.6 is 0 Å². The quantitative estimate of drug-likeness (QED) is 0.627. The molecule has 1 aromatic carbocycles. The van der Waals surface area contributed by atoms with Crippen LogP contribution in [-0.2, 0) is 0 Å². The molecule has 0 radical (unpaired) electrons. The van der Waals surface area contributed by atoms with Crippen LogP contribution in [0.25, 0.3) is 0 Å². The summed E-state index contributed by atoms with van der Waals surface area (Å²) in [6, 6.07) is 10.8. The van der Waals surface area contributed by atoms with Gasteiger partial charge in [0.2, 0.25) is 0 Å². The SMILES string of the molecule is C.CCC(CC)c1ccccc1. The Hall–Kier alpha value is -0.780. The van der Waals surface area contributed by atoms with Gasteiger partial charge in [-0.05, 0) is 24.3 Å². The van der Waals surface area contributed by atoms with E-state index in [0.717, 1.165) is 5.92 Å². The topological polar surface area (TPSA) is 0 Å². The fourth-order valence-corrected chi connectivity index (χ4v) is 1.49. The third kappa shape index (κ3) is 2.69. The Morgan fingerprint density at radius 1 is 1.00 bits per heavy atom. The minimum Gasteiger partial charge on any atom is -0.0776 e. The molecule has 0 aliphatic carbocycles. The van der Waals surface area contributed by atoms with Gasteiger partial charge < -0.3 is 0 Å². The Morgan fingerprint density at radius 2 is 1.50 bits per heavy atom. The fourth-order valence-electron chi connectivity index (χ4n) is 1.49. The van der Waals surface area contributed by atoms with Crippen LogP contribution in [0.5, 0.6) is 0 Å². The molecule has 0 saturated carbocycles. The fraction of sp³-hybridized carbons (Fsp3) is 0.500. The third-order valence-corrected chi connectivity index (χ3v) is 2.26. The predicted octanol–water partition coefficient (Wildman–Crippen LogP) is 4.23. The lowest BCUT2D eigenvalue weighted by atomic mass is 9.94. The van der Waals surface area contributed by atoms with E-state index in [1.807, 2.05) is 0 Å². The average molecular weight is 164 g/mol. The Bertz CT molecular complexity index is 184. The van der Waals surface area contributed by atoms with Crippen LogP contribution in [0.15, 0.2) is 30.3 Å². The molecule has 0 aliphatic heterocycles. The zero-order valence-electron chi connectivity index (χ0n) is 7.38. The monoisotopic (exact) mass is 164 g/mol. The van der Waals surface area contributed by atoms with Gasteiger partial charge in [-0.25, -0.2) is 0 Å². The molecule has 0 saturated heterocycles. The number of hydrogen-bond acceptors (Lipinski definition) is 0. The summed E-state index contributed by atoms with van der Waals surface area (Å²) in [5.74, 6) is 0.760. The summed E-state index contributed by atoms with van der Waals surface area (Å²) in [6.07, 6.45) is 2.50. The molecule has 1 rings (SSSR count). The molecular weight excluding hydrogens is 144 g/mol. The molecule has 0 heteroatoms. The van der Waals surface area contributed by atoms with Gasteiger partial charge in [-0.1, -0.05) is 51.6 Å². The maximum Gasteiger partial charge on any atom is -0.0167 e. The summed E-state index contributed by atoms with van der Waals surface area (Å²) >= 11 is 0. The first kappa shape index (κ1) is 11.2. The van der Waals surface area contributed by atoms with Gasteiger partial charge in [-0.15, -0.1) is 0 Å². The van der Waals surface area contributed by atoms with Crippen molar-refractivity contribution >= 4 is 0 Å². The highest BCUT2D eigenvalue weighted by atomic mass is 14.1. The Morgan fingerprint density at radius 3 is 1.92 bits per heavy atom. The molecular formula is C12H20. The van der Waals surface area contributed by atoms with Crippen LogP contribution in [0.2, 0.25) is 0 Å². The van der Waals surface area contributed by atoms with Crippen LogP contribution in [-0.4, -0.2) is 0 Å². The Kier molecular flexibility index (Phi) is 5.44. The van der Waals surface area contributed by atoms with Crippen LogP contribution in [0.4, 0.5) is 0 Å². The van der Waals surface area contributed by atoms with Gasteiger partial charge >= 0.3 is 0 Å². The largest absolute Gasteiger partial charge is 0.0776 e. The summed E-state index contributed by atoms with van der Waals surface area (Å²) in [5.41, 5.74) is 1.48. The molecule has 0 heterocycles. The lowest BCUT2D eigenvalue weighted by molar-refractivity contribution is 0.642. The van der Waals surface area contributed by atoms with E-state index >= 15 is 0 Å². The van der Waals surface area contributed by atoms with Gasteiger partial charge in [0.15, 0.2) is 0 Å². The van der Waals surface area contributed by atoms with E-state index < -0.39 is 0 Å². The second-order valence-electron chi connectivity index (χ2n) is 2.92. The van der Waals surface area contributed by atoms with Crippen molar-refractivity contribution in [2.75, 3.05) is 0 Å². The van der Waals surface area contributed by atoms with Crippen LogP contribution in [0.1, 0.15) is 45.6 Å². The van der Waals surface area contributed by atoms with Crippen molar-refractivity contribution in [3.63, 3.8) is 0 Å². The van der Waals surface area contributed by atoms with Crippen LogP contribution < -0.4 is 0 Å². The van der Waals surface area contributed by atoms with Gasteiger partial charge in [0.05, 0.1) is 0 Å². The number of rotatable bonds is 3. The minimum absolute atomic E-state index is 0. The van der Waals surface area contributed by atoms with Crippen molar-refractivity contribution in [1.82, 2.24) is 0 Å². The summed E-state index contributed by atoms with van der Waals surface area (Å²) in [4.78, 5) is 0. The zero-order valence-corrected chi connectivity index (χ0v) is 7.38. The maximum atomic E-state index is 2.25. The van der Waals surface area contributed by atoms with Crippen molar-refractivity contribution in [1.29, 1.82) is 0 Å². The van der Waals surface area contributed by atoms with Crippen LogP contribution in [0, 0.1) is 0 Å². The van der Waals surface area contributed by atoms with E-state index in [4.69, 9.17) is 0 Å². The highest BCUT2D eigenvalue weighted by Crippen LogP contribution is 2.21. The molecule has 1 aromatic rings. The van der Waals surface area contributed by atoms with Crippen molar-refractivity contribution < 1.29 is 0 Å². The first-order valence-corrected chi connectivity index (χ1v) is 4.43. The standard InChI is InChI=1S/C11H16.CH4/c1-3-10(4-2)11-8-6-5-7-9-11;/h5-10H,3-4H2,1-2H3;1H4. The van der Waals surface area contributed by atoms with E-state index in [2.05, 4.69) is 44.2 Å². The molecule has 0 atom stereocenters. The van der Waals surface area contributed by atoms with Gasteiger partial charge in [-0.3, -0.25) is 0 Å². The van der Waals surface area contributed by atoms with E-state index in [1.165, 1.54) is 18.4 Å². The smallest absolute Gasteiger partial charge is 0.0167 e. The lowest BCUT2D eigenvalue weighted by Gasteiger charge is -2.11. The van der Waals surface area contributed by atoms with Crippen molar-refractivity contribution in [2.24, 2.45) is 0 Å². The second-order valence-corrected chi connectivity index (χ2v) is 2.92. The molecule has 0 aliphatic rings. The zero-order chi connectivity index (χ0) is 8.10. The molecule has 0 aromatic heterocycles. The molecule has 0 unspecified atom stereocenters. The predicted molar refractivity (Wildman–Crippen MR) is 56.5 cm³/mol. The van der Waals surface area contributed by atoms with E-state index in [0.29, 0.717) is 0 Å². The minimum atomic E-state index is 0. The molecule has 0 fully saturated rings. The van der Waals surface area contributed by atoms with E-state index in [1.54, 1.807) is 0 Å². The van der Waals surface area contributed by atoms with Gasteiger partial charge in [0, 0.05) is 0 Å². The van der Waals surface area contributed by atoms with Crippen molar-refractivity contribution in [3.05, 3.63) is 35.9 Å². The molecule has 0 amide bonds. The van der Waals surface area contributed by atoms with Gasteiger partial charge in [-0.2, -0.15) is 0 Å². The van der Waals surface area contributed by atoms with E-state index in [-0.39, 0.29) is 7.43 Å².